The number of aromatic nitrogens is 1. The number of nitriles is 2. The van der Waals surface area contributed by atoms with Gasteiger partial charge in [0.1, 0.15) is 16.8 Å². The monoisotopic (exact) mass is 407 g/mol. The van der Waals surface area contributed by atoms with Gasteiger partial charge in [-0.1, -0.05) is 52.3 Å². The summed E-state index contributed by atoms with van der Waals surface area (Å²) < 4.78 is 3.06. The summed E-state index contributed by atoms with van der Waals surface area (Å²) in [5, 5.41) is 18.5. The molecule has 6 heteroatoms. The largest absolute Gasteiger partial charge is 0.273 e. The van der Waals surface area contributed by atoms with Gasteiger partial charge in [0, 0.05) is 4.47 Å². The lowest BCUT2D eigenvalue weighted by molar-refractivity contribution is 0.988. The second-order valence-corrected chi connectivity index (χ2v) is 6.90. The van der Waals surface area contributed by atoms with E-state index in [-0.39, 0.29) is 11.1 Å². The fraction of sp³-hybridized carbons (Fsp3) is 0. The summed E-state index contributed by atoms with van der Waals surface area (Å²) in [6.07, 6.45) is 1.76. The standard InChI is InChI=1S/C19H10BrN3OS/c20-16-9-5-4-6-13(16)10-17-18(24)23(15-7-2-1-3-8-15)19(25-17)14(11-21)12-22/h1-10H/b17-10-. The number of thiazole rings is 1. The molecule has 0 aliphatic heterocycles. The zero-order valence-electron chi connectivity index (χ0n) is 12.8. The van der Waals surface area contributed by atoms with Gasteiger partial charge in [-0.15, -0.1) is 11.3 Å². The molecule has 25 heavy (non-hydrogen) atoms. The van der Waals surface area contributed by atoms with E-state index in [2.05, 4.69) is 15.9 Å². The summed E-state index contributed by atoms with van der Waals surface area (Å²) in [5.41, 5.74) is 1.12. The fourth-order valence-corrected chi connectivity index (χ4v) is 3.76. The first-order valence-corrected chi connectivity index (χ1v) is 8.84. The predicted molar refractivity (Wildman–Crippen MR) is 102 cm³/mol. The van der Waals surface area contributed by atoms with Gasteiger partial charge in [-0.3, -0.25) is 9.36 Å². The van der Waals surface area contributed by atoms with Crippen LogP contribution in [0.4, 0.5) is 0 Å². The van der Waals surface area contributed by atoms with Crippen molar-refractivity contribution in [3.05, 3.63) is 84.2 Å². The van der Waals surface area contributed by atoms with Crippen LogP contribution in [0.25, 0.3) is 17.3 Å². The minimum absolute atomic E-state index is 0.0854. The first kappa shape index (κ1) is 16.9. The average molecular weight is 408 g/mol. The van der Waals surface area contributed by atoms with Crippen molar-refractivity contribution in [2.45, 2.75) is 0 Å². The van der Waals surface area contributed by atoms with Crippen LogP contribution in [0.5, 0.6) is 0 Å². The van der Waals surface area contributed by atoms with Crippen LogP contribution in [-0.4, -0.2) is 4.57 Å². The van der Waals surface area contributed by atoms with Crippen molar-refractivity contribution in [2.24, 2.45) is 0 Å². The van der Waals surface area contributed by atoms with Gasteiger partial charge in [0.15, 0.2) is 5.57 Å². The van der Waals surface area contributed by atoms with E-state index in [4.69, 9.17) is 0 Å². The summed E-state index contributed by atoms with van der Waals surface area (Å²) in [5.74, 6) is 0. The maximum absolute atomic E-state index is 12.9. The summed E-state index contributed by atoms with van der Waals surface area (Å²) >= 11 is 4.59. The van der Waals surface area contributed by atoms with Crippen molar-refractivity contribution in [1.29, 1.82) is 10.5 Å². The minimum atomic E-state index is -0.259. The number of para-hydroxylation sites is 1. The third kappa shape index (κ3) is 3.32. The van der Waals surface area contributed by atoms with Gasteiger partial charge in [0.05, 0.1) is 10.2 Å². The molecule has 0 fully saturated rings. The van der Waals surface area contributed by atoms with E-state index in [1.165, 1.54) is 4.57 Å². The Balaban J connectivity index is 2.42. The molecule has 2 aromatic carbocycles. The Morgan fingerprint density at radius 3 is 2.32 bits per heavy atom. The molecular formula is C19H10BrN3OS. The van der Waals surface area contributed by atoms with Crippen molar-refractivity contribution in [3.63, 3.8) is 0 Å². The smallest absolute Gasteiger partial charge is 0.267 e. The Bertz CT molecular complexity index is 1180. The van der Waals surface area contributed by atoms with E-state index in [9.17, 15) is 15.3 Å². The van der Waals surface area contributed by atoms with Crippen molar-refractivity contribution >= 4 is 38.9 Å². The van der Waals surface area contributed by atoms with Gasteiger partial charge in [0.2, 0.25) is 0 Å². The number of nitrogens with zero attached hydrogens (tertiary/aromatic N) is 3. The van der Waals surface area contributed by atoms with E-state index in [1.807, 2.05) is 42.5 Å². The van der Waals surface area contributed by atoms with Gasteiger partial charge < -0.3 is 0 Å². The Kier molecular flexibility index (Phi) is 4.95. The van der Waals surface area contributed by atoms with Crippen LogP contribution in [-0.2, 0) is 0 Å². The number of rotatable bonds is 2. The lowest BCUT2D eigenvalue weighted by atomic mass is 10.2. The molecule has 0 bridgehead atoms. The Morgan fingerprint density at radius 2 is 1.68 bits per heavy atom. The second kappa shape index (κ2) is 7.31. The van der Waals surface area contributed by atoms with Gasteiger partial charge in [-0.25, -0.2) is 0 Å². The van der Waals surface area contributed by atoms with Crippen molar-refractivity contribution < 1.29 is 0 Å². The zero-order chi connectivity index (χ0) is 17.8. The Hall–Kier alpha value is -2.93. The number of halogens is 1. The minimum Gasteiger partial charge on any atom is -0.267 e. The normalized spacial score (nSPS) is 10.9. The first-order valence-electron chi connectivity index (χ1n) is 7.23. The SMILES string of the molecule is N#CC(C#N)=c1s/c(=C\c2ccccc2Br)c(=O)n1-c1ccccc1. The molecule has 1 aromatic heterocycles. The highest BCUT2D eigenvalue weighted by atomic mass is 79.9. The molecule has 4 nitrogen and oxygen atoms in total. The molecule has 0 spiro atoms. The van der Waals surface area contributed by atoms with Gasteiger partial charge >= 0.3 is 0 Å². The highest BCUT2D eigenvalue weighted by Crippen LogP contribution is 2.16. The predicted octanol–water partition coefficient (Wildman–Crippen LogP) is 2.69. The summed E-state index contributed by atoms with van der Waals surface area (Å²) in [6, 6.07) is 20.3. The van der Waals surface area contributed by atoms with Crippen LogP contribution in [0.3, 0.4) is 0 Å². The molecule has 0 aliphatic carbocycles. The molecule has 0 saturated heterocycles. The van der Waals surface area contributed by atoms with E-state index >= 15 is 0 Å². The highest BCUT2D eigenvalue weighted by molar-refractivity contribution is 9.10. The van der Waals surface area contributed by atoms with Gasteiger partial charge in [-0.05, 0) is 29.8 Å². The molecule has 1 heterocycles. The van der Waals surface area contributed by atoms with Crippen LogP contribution in [0.15, 0.2) is 63.9 Å². The molecule has 0 saturated carbocycles. The van der Waals surface area contributed by atoms with Crippen molar-refractivity contribution in [3.8, 4) is 17.8 Å². The Labute approximate surface area is 156 Å². The summed E-state index contributed by atoms with van der Waals surface area (Å²) in [4.78, 5) is 12.9. The Morgan fingerprint density at radius 1 is 1.04 bits per heavy atom. The first-order chi connectivity index (χ1) is 12.2. The number of benzene rings is 2. The van der Waals surface area contributed by atoms with E-state index in [0.717, 1.165) is 21.4 Å². The van der Waals surface area contributed by atoms with Gasteiger partial charge in [0.25, 0.3) is 5.56 Å². The molecule has 0 amide bonds. The maximum Gasteiger partial charge on any atom is 0.273 e. The zero-order valence-corrected chi connectivity index (χ0v) is 15.2. The lowest BCUT2D eigenvalue weighted by Crippen LogP contribution is -2.30. The van der Waals surface area contributed by atoms with Crippen LogP contribution >= 0.6 is 27.3 Å². The van der Waals surface area contributed by atoms with Crippen LogP contribution in [0.1, 0.15) is 5.56 Å². The van der Waals surface area contributed by atoms with Crippen LogP contribution in [0, 0.1) is 22.7 Å². The van der Waals surface area contributed by atoms with E-state index in [0.29, 0.717) is 14.9 Å². The van der Waals surface area contributed by atoms with E-state index < -0.39 is 0 Å². The van der Waals surface area contributed by atoms with E-state index in [1.54, 1.807) is 30.3 Å². The fourth-order valence-electron chi connectivity index (χ4n) is 2.32. The second-order valence-electron chi connectivity index (χ2n) is 5.01. The molecule has 0 aliphatic rings. The topological polar surface area (TPSA) is 69.6 Å². The third-order valence-electron chi connectivity index (χ3n) is 3.47. The highest BCUT2D eigenvalue weighted by Gasteiger charge is 2.11. The third-order valence-corrected chi connectivity index (χ3v) is 5.28. The molecule has 0 unspecified atom stereocenters. The summed E-state index contributed by atoms with van der Waals surface area (Å²) in [7, 11) is 0. The number of hydrogen-bond donors (Lipinski definition) is 0. The average Bonchev–Trinajstić information content (AvgIpc) is 2.95. The van der Waals surface area contributed by atoms with Crippen LogP contribution < -0.4 is 14.8 Å². The summed E-state index contributed by atoms with van der Waals surface area (Å²) in [6.45, 7) is 0. The molecular weight excluding hydrogens is 398 g/mol. The van der Waals surface area contributed by atoms with Crippen LogP contribution in [0.2, 0.25) is 0 Å². The molecule has 120 valence electrons. The number of hydrogen-bond acceptors (Lipinski definition) is 4. The molecule has 3 rings (SSSR count). The van der Waals surface area contributed by atoms with Crippen molar-refractivity contribution in [2.75, 3.05) is 0 Å². The quantitative estimate of drug-likeness (QED) is 0.655. The lowest BCUT2D eigenvalue weighted by Gasteiger charge is -2.00. The molecule has 0 atom stereocenters. The molecule has 0 N–H and O–H groups in total. The molecule has 0 radical (unpaired) electrons. The maximum atomic E-state index is 12.9. The molecule has 3 aromatic rings. The van der Waals surface area contributed by atoms with Gasteiger partial charge in [-0.2, -0.15) is 10.5 Å². The van der Waals surface area contributed by atoms with Crippen molar-refractivity contribution in [1.82, 2.24) is 4.57 Å².